The molecule has 0 spiro atoms. The lowest BCUT2D eigenvalue weighted by Crippen LogP contribution is -2.31. The second kappa shape index (κ2) is 3.04. The molecule has 1 saturated carbocycles. The lowest BCUT2D eigenvalue weighted by molar-refractivity contribution is 0.0261. The van der Waals surface area contributed by atoms with E-state index in [0.29, 0.717) is 11.3 Å². The maximum Gasteiger partial charge on any atom is 0.0701 e. The maximum atomic E-state index is 10.3. The Kier molecular flexibility index (Phi) is 2.20. The molecule has 2 rings (SSSR count). The number of aromatic nitrogens is 1. The Morgan fingerprint density at radius 1 is 1.71 bits per heavy atom. The van der Waals surface area contributed by atoms with Crippen molar-refractivity contribution in [1.29, 1.82) is 0 Å². The zero-order chi connectivity index (χ0) is 10.4. The first-order chi connectivity index (χ1) is 6.42. The van der Waals surface area contributed by atoms with Crippen molar-refractivity contribution in [3.63, 3.8) is 0 Å². The summed E-state index contributed by atoms with van der Waals surface area (Å²) in [5.41, 5.74) is -0.232. The fourth-order valence-corrected chi connectivity index (χ4v) is 3.07. The van der Waals surface area contributed by atoms with Crippen molar-refractivity contribution >= 4 is 11.5 Å². The number of hydrogen-bond acceptors (Lipinski definition) is 3. The largest absolute Gasteiger partial charge is 0.389 e. The molecule has 2 nitrogen and oxygen atoms in total. The van der Waals surface area contributed by atoms with Gasteiger partial charge in [0.25, 0.3) is 0 Å². The molecule has 0 saturated heterocycles. The third-order valence-electron chi connectivity index (χ3n) is 3.29. The van der Waals surface area contributed by atoms with Crippen molar-refractivity contribution in [2.45, 2.75) is 39.2 Å². The molecule has 78 valence electrons. The summed E-state index contributed by atoms with van der Waals surface area (Å²) < 4.78 is 4.05. The van der Waals surface area contributed by atoms with Gasteiger partial charge in [0, 0.05) is 17.5 Å². The third-order valence-corrected chi connectivity index (χ3v) is 4.03. The summed E-state index contributed by atoms with van der Waals surface area (Å²) in [6, 6.07) is 1.99. The highest BCUT2D eigenvalue weighted by atomic mass is 32.1. The summed E-state index contributed by atoms with van der Waals surface area (Å²) in [4.78, 5) is 1.18. The van der Waals surface area contributed by atoms with Crippen molar-refractivity contribution in [1.82, 2.24) is 4.37 Å². The van der Waals surface area contributed by atoms with Gasteiger partial charge < -0.3 is 5.11 Å². The normalized spacial score (nSPS) is 28.4. The highest BCUT2D eigenvalue weighted by molar-refractivity contribution is 7.05. The van der Waals surface area contributed by atoms with Crippen LogP contribution in [0.4, 0.5) is 0 Å². The van der Waals surface area contributed by atoms with Crippen molar-refractivity contribution < 1.29 is 5.11 Å². The van der Waals surface area contributed by atoms with Gasteiger partial charge in [-0.15, -0.1) is 0 Å². The zero-order valence-electron chi connectivity index (χ0n) is 8.95. The molecular weight excluding hydrogens is 194 g/mol. The van der Waals surface area contributed by atoms with Crippen LogP contribution in [0.25, 0.3) is 0 Å². The Balaban J connectivity index is 2.04. The van der Waals surface area contributed by atoms with E-state index in [1.807, 2.05) is 13.0 Å². The minimum atomic E-state index is -0.559. The van der Waals surface area contributed by atoms with Crippen molar-refractivity contribution in [3.8, 4) is 0 Å². The van der Waals surface area contributed by atoms with E-state index in [4.69, 9.17) is 0 Å². The summed E-state index contributed by atoms with van der Waals surface area (Å²) in [5.74, 6) is 0.442. The Bertz CT molecular complexity index is 316. The van der Waals surface area contributed by atoms with Crippen molar-refractivity contribution in [3.05, 3.63) is 17.1 Å². The quantitative estimate of drug-likeness (QED) is 0.833. The van der Waals surface area contributed by atoms with Gasteiger partial charge in [0.1, 0.15) is 0 Å². The topological polar surface area (TPSA) is 33.1 Å². The SMILES string of the molecule is CC1(C)CC1C(C)(O)Cc1ccns1. The van der Waals surface area contributed by atoms with Gasteiger partial charge in [-0.05, 0) is 42.3 Å². The third kappa shape index (κ3) is 1.84. The second-order valence-corrected chi connectivity index (χ2v) is 6.18. The van der Waals surface area contributed by atoms with Crippen LogP contribution in [0.15, 0.2) is 12.3 Å². The molecule has 3 heteroatoms. The van der Waals surface area contributed by atoms with Crippen molar-refractivity contribution in [2.24, 2.45) is 11.3 Å². The first-order valence-corrected chi connectivity index (χ1v) is 5.81. The molecule has 0 aromatic carbocycles. The van der Waals surface area contributed by atoms with E-state index in [2.05, 4.69) is 18.2 Å². The van der Waals surface area contributed by atoms with Gasteiger partial charge in [0.15, 0.2) is 0 Å². The predicted molar refractivity (Wildman–Crippen MR) is 58.3 cm³/mol. The average molecular weight is 211 g/mol. The molecule has 1 aromatic heterocycles. The standard InChI is InChI=1S/C11H17NOS/c1-10(2)7-9(10)11(3,13)6-8-4-5-12-14-8/h4-5,9,13H,6-7H2,1-3H3. The van der Waals surface area contributed by atoms with Gasteiger partial charge in [0.2, 0.25) is 0 Å². The van der Waals surface area contributed by atoms with E-state index >= 15 is 0 Å². The van der Waals surface area contributed by atoms with Crippen LogP contribution in [0.2, 0.25) is 0 Å². The second-order valence-electron chi connectivity index (χ2n) is 5.26. The van der Waals surface area contributed by atoms with E-state index in [0.717, 1.165) is 12.8 Å². The summed E-state index contributed by atoms with van der Waals surface area (Å²) in [5, 5.41) is 10.3. The number of aliphatic hydroxyl groups is 1. The van der Waals surface area contributed by atoms with Crippen LogP contribution < -0.4 is 0 Å². The zero-order valence-corrected chi connectivity index (χ0v) is 9.77. The fourth-order valence-electron chi connectivity index (χ4n) is 2.34. The average Bonchev–Trinajstić information content (AvgIpc) is 2.50. The van der Waals surface area contributed by atoms with E-state index < -0.39 is 5.60 Å². The van der Waals surface area contributed by atoms with Crippen LogP contribution in [0, 0.1) is 11.3 Å². The molecule has 1 aliphatic carbocycles. The lowest BCUT2D eigenvalue weighted by Gasteiger charge is -2.24. The van der Waals surface area contributed by atoms with Crippen LogP contribution in [-0.2, 0) is 6.42 Å². The molecule has 1 N–H and O–H groups in total. The maximum absolute atomic E-state index is 10.3. The molecule has 0 amide bonds. The first-order valence-electron chi connectivity index (χ1n) is 5.04. The summed E-state index contributed by atoms with van der Waals surface area (Å²) >= 11 is 1.49. The molecule has 0 aliphatic heterocycles. The van der Waals surface area contributed by atoms with Gasteiger partial charge >= 0.3 is 0 Å². The highest BCUT2D eigenvalue weighted by Gasteiger charge is 2.55. The molecule has 1 heterocycles. The minimum absolute atomic E-state index is 0.328. The molecule has 1 aromatic rings. The van der Waals surface area contributed by atoms with Crippen LogP contribution in [0.3, 0.4) is 0 Å². The molecular formula is C11H17NOS. The van der Waals surface area contributed by atoms with Crippen LogP contribution in [0.5, 0.6) is 0 Å². The van der Waals surface area contributed by atoms with E-state index in [9.17, 15) is 5.11 Å². The van der Waals surface area contributed by atoms with Gasteiger partial charge in [-0.3, -0.25) is 0 Å². The van der Waals surface area contributed by atoms with Crippen molar-refractivity contribution in [2.75, 3.05) is 0 Å². The Hall–Kier alpha value is -0.410. The molecule has 1 fully saturated rings. The molecule has 14 heavy (non-hydrogen) atoms. The monoisotopic (exact) mass is 211 g/mol. The molecule has 0 radical (unpaired) electrons. The Morgan fingerprint density at radius 2 is 2.36 bits per heavy atom. The Labute approximate surface area is 89.1 Å². The minimum Gasteiger partial charge on any atom is -0.389 e. The fraction of sp³-hybridized carbons (Fsp3) is 0.727. The van der Waals surface area contributed by atoms with E-state index in [1.54, 1.807) is 6.20 Å². The predicted octanol–water partition coefficient (Wildman–Crippen LogP) is 2.48. The number of rotatable bonds is 3. The van der Waals surface area contributed by atoms with E-state index in [-0.39, 0.29) is 0 Å². The molecule has 1 aliphatic rings. The van der Waals surface area contributed by atoms with Crippen LogP contribution in [-0.4, -0.2) is 15.1 Å². The summed E-state index contributed by atoms with van der Waals surface area (Å²) in [6.45, 7) is 6.39. The van der Waals surface area contributed by atoms with Gasteiger partial charge in [-0.1, -0.05) is 13.8 Å². The van der Waals surface area contributed by atoms with Crippen LogP contribution >= 0.6 is 11.5 Å². The van der Waals surface area contributed by atoms with Crippen LogP contribution in [0.1, 0.15) is 32.1 Å². The number of hydrogen-bond donors (Lipinski definition) is 1. The summed E-state index contributed by atoms with van der Waals surface area (Å²) in [6.07, 6.45) is 3.68. The number of nitrogens with zero attached hydrogens (tertiary/aromatic N) is 1. The van der Waals surface area contributed by atoms with E-state index in [1.165, 1.54) is 16.4 Å². The van der Waals surface area contributed by atoms with Gasteiger partial charge in [-0.2, -0.15) is 0 Å². The molecule has 2 atom stereocenters. The molecule has 0 bridgehead atoms. The summed E-state index contributed by atoms with van der Waals surface area (Å²) in [7, 11) is 0. The first kappa shape index (κ1) is 10.1. The molecule has 2 unspecified atom stereocenters. The lowest BCUT2D eigenvalue weighted by atomic mass is 9.90. The Morgan fingerprint density at radius 3 is 2.79 bits per heavy atom. The van der Waals surface area contributed by atoms with Gasteiger partial charge in [0.05, 0.1) is 5.60 Å². The highest BCUT2D eigenvalue weighted by Crippen LogP contribution is 2.57. The smallest absolute Gasteiger partial charge is 0.0701 e. The van der Waals surface area contributed by atoms with Gasteiger partial charge in [-0.25, -0.2) is 4.37 Å².